The van der Waals surface area contributed by atoms with Crippen LogP contribution in [0.4, 0.5) is 0 Å². The first-order valence-electron chi connectivity index (χ1n) is 6.32. The molecule has 3 aromatic rings. The number of benzene rings is 3. The van der Waals surface area contributed by atoms with Gasteiger partial charge in [-0.15, -0.1) is 0 Å². The average molecular weight is 301 g/mol. The number of hydrogen-bond donors (Lipinski definition) is 1. The van der Waals surface area contributed by atoms with Crippen molar-refractivity contribution in [3.05, 3.63) is 71.2 Å². The standard InChI is InChI=1S/C17H13ClOS/c18-15-7-5-14(11-19)17(10-15)20-16-8-6-12-3-1-2-4-13(12)9-16/h1-10,19H,11H2. The molecule has 3 rings (SSSR count). The van der Waals surface area contributed by atoms with Crippen LogP contribution in [0.15, 0.2) is 70.5 Å². The number of halogens is 1. The van der Waals surface area contributed by atoms with Crippen LogP contribution < -0.4 is 0 Å². The van der Waals surface area contributed by atoms with Crippen LogP contribution >= 0.6 is 23.4 Å². The molecule has 0 heterocycles. The number of aliphatic hydroxyl groups is 1. The second-order valence-electron chi connectivity index (χ2n) is 4.52. The van der Waals surface area contributed by atoms with Gasteiger partial charge in [-0.1, -0.05) is 59.8 Å². The lowest BCUT2D eigenvalue weighted by Crippen LogP contribution is -1.87. The summed E-state index contributed by atoms with van der Waals surface area (Å²) < 4.78 is 0. The minimum atomic E-state index is 0.0209. The van der Waals surface area contributed by atoms with E-state index in [1.807, 2.05) is 24.3 Å². The monoisotopic (exact) mass is 300 g/mol. The van der Waals surface area contributed by atoms with Crippen molar-refractivity contribution in [1.29, 1.82) is 0 Å². The molecule has 0 aliphatic carbocycles. The first-order chi connectivity index (χ1) is 9.76. The summed E-state index contributed by atoms with van der Waals surface area (Å²) in [5.74, 6) is 0. The van der Waals surface area contributed by atoms with Crippen molar-refractivity contribution in [2.45, 2.75) is 16.4 Å². The zero-order valence-corrected chi connectivity index (χ0v) is 12.3. The Kier molecular flexibility index (Phi) is 3.97. The summed E-state index contributed by atoms with van der Waals surface area (Å²) in [6.45, 7) is 0.0209. The Balaban J connectivity index is 1.98. The molecule has 0 aliphatic heterocycles. The summed E-state index contributed by atoms with van der Waals surface area (Å²) in [6.07, 6.45) is 0. The largest absolute Gasteiger partial charge is 0.392 e. The second kappa shape index (κ2) is 5.88. The van der Waals surface area contributed by atoms with Crippen molar-refractivity contribution in [1.82, 2.24) is 0 Å². The van der Waals surface area contributed by atoms with E-state index in [1.54, 1.807) is 17.8 Å². The van der Waals surface area contributed by atoms with E-state index in [0.29, 0.717) is 5.02 Å². The molecule has 100 valence electrons. The number of hydrogen-bond acceptors (Lipinski definition) is 2. The van der Waals surface area contributed by atoms with Crippen molar-refractivity contribution < 1.29 is 5.11 Å². The predicted molar refractivity (Wildman–Crippen MR) is 85.4 cm³/mol. The van der Waals surface area contributed by atoms with Gasteiger partial charge in [0.2, 0.25) is 0 Å². The fourth-order valence-electron chi connectivity index (χ4n) is 2.11. The van der Waals surface area contributed by atoms with Gasteiger partial charge < -0.3 is 5.11 Å². The van der Waals surface area contributed by atoms with E-state index in [4.69, 9.17) is 11.6 Å². The highest BCUT2D eigenvalue weighted by Crippen LogP contribution is 2.34. The molecule has 1 N–H and O–H groups in total. The fourth-order valence-corrected chi connectivity index (χ4v) is 3.37. The summed E-state index contributed by atoms with van der Waals surface area (Å²) in [7, 11) is 0. The van der Waals surface area contributed by atoms with Crippen LogP contribution in [0.2, 0.25) is 5.02 Å². The molecule has 0 spiro atoms. The zero-order chi connectivity index (χ0) is 13.9. The van der Waals surface area contributed by atoms with Crippen molar-refractivity contribution in [3.8, 4) is 0 Å². The lowest BCUT2D eigenvalue weighted by molar-refractivity contribution is 0.279. The quantitative estimate of drug-likeness (QED) is 0.723. The topological polar surface area (TPSA) is 20.2 Å². The minimum Gasteiger partial charge on any atom is -0.392 e. The number of aliphatic hydroxyl groups excluding tert-OH is 1. The Morgan fingerprint density at radius 3 is 2.50 bits per heavy atom. The maximum atomic E-state index is 9.40. The van der Waals surface area contributed by atoms with Gasteiger partial charge in [0.1, 0.15) is 0 Å². The molecule has 1 nitrogen and oxygen atoms in total. The predicted octanol–water partition coefficient (Wildman–Crippen LogP) is 5.14. The molecule has 3 aromatic carbocycles. The van der Waals surface area contributed by atoms with Gasteiger partial charge in [-0.25, -0.2) is 0 Å². The molecule has 20 heavy (non-hydrogen) atoms. The van der Waals surface area contributed by atoms with Gasteiger partial charge in [0, 0.05) is 14.8 Å². The highest BCUT2D eigenvalue weighted by atomic mass is 35.5. The molecule has 0 saturated carbocycles. The molecule has 3 heteroatoms. The summed E-state index contributed by atoms with van der Waals surface area (Å²) in [6, 6.07) is 20.2. The van der Waals surface area contributed by atoms with E-state index in [2.05, 4.69) is 30.3 Å². The molecular formula is C17H13ClOS. The van der Waals surface area contributed by atoms with Crippen molar-refractivity contribution in [2.75, 3.05) is 0 Å². The maximum Gasteiger partial charge on any atom is 0.0692 e. The normalized spacial score (nSPS) is 10.9. The molecule has 0 aliphatic rings. The molecule has 0 saturated heterocycles. The number of rotatable bonds is 3. The summed E-state index contributed by atoms with van der Waals surface area (Å²) in [5.41, 5.74) is 0.896. The molecular weight excluding hydrogens is 288 g/mol. The van der Waals surface area contributed by atoms with Crippen LogP contribution in [0, 0.1) is 0 Å². The van der Waals surface area contributed by atoms with E-state index in [9.17, 15) is 5.11 Å². The molecule has 0 unspecified atom stereocenters. The lowest BCUT2D eigenvalue weighted by Gasteiger charge is -2.08. The molecule has 0 aromatic heterocycles. The second-order valence-corrected chi connectivity index (χ2v) is 6.07. The van der Waals surface area contributed by atoms with Crippen molar-refractivity contribution in [2.24, 2.45) is 0 Å². The van der Waals surface area contributed by atoms with Gasteiger partial charge in [-0.05, 0) is 40.6 Å². The van der Waals surface area contributed by atoms with E-state index >= 15 is 0 Å². The minimum absolute atomic E-state index is 0.0209. The van der Waals surface area contributed by atoms with E-state index in [0.717, 1.165) is 15.4 Å². The third kappa shape index (κ3) is 2.83. The average Bonchev–Trinajstić information content (AvgIpc) is 2.47. The maximum absolute atomic E-state index is 9.40. The van der Waals surface area contributed by atoms with Crippen molar-refractivity contribution >= 4 is 34.1 Å². The van der Waals surface area contributed by atoms with Gasteiger partial charge in [-0.2, -0.15) is 0 Å². The smallest absolute Gasteiger partial charge is 0.0692 e. The fraction of sp³-hybridized carbons (Fsp3) is 0.0588. The van der Waals surface area contributed by atoms with Crippen molar-refractivity contribution in [3.63, 3.8) is 0 Å². The molecule has 0 amide bonds. The molecule has 0 atom stereocenters. The highest BCUT2D eigenvalue weighted by Gasteiger charge is 2.05. The molecule has 0 radical (unpaired) electrons. The van der Waals surface area contributed by atoms with Gasteiger partial charge in [0.25, 0.3) is 0 Å². The van der Waals surface area contributed by atoms with Crippen LogP contribution in [0.1, 0.15) is 5.56 Å². The summed E-state index contributed by atoms with van der Waals surface area (Å²) in [4.78, 5) is 2.14. The van der Waals surface area contributed by atoms with Crippen LogP contribution in [-0.2, 0) is 6.61 Å². The SMILES string of the molecule is OCc1ccc(Cl)cc1Sc1ccc2ccccc2c1. The van der Waals surface area contributed by atoms with Gasteiger partial charge in [0.15, 0.2) is 0 Å². The third-order valence-corrected chi connectivity index (χ3v) is 4.47. The van der Waals surface area contributed by atoms with Gasteiger partial charge in [0.05, 0.1) is 6.61 Å². The Hall–Kier alpha value is -1.48. The lowest BCUT2D eigenvalue weighted by atomic mass is 10.1. The van der Waals surface area contributed by atoms with Gasteiger partial charge >= 0.3 is 0 Å². The van der Waals surface area contributed by atoms with Crippen LogP contribution in [0.3, 0.4) is 0 Å². The van der Waals surface area contributed by atoms with E-state index in [1.165, 1.54) is 10.8 Å². The first kappa shape index (κ1) is 13.5. The Morgan fingerprint density at radius 1 is 0.900 bits per heavy atom. The van der Waals surface area contributed by atoms with Crippen LogP contribution in [0.5, 0.6) is 0 Å². The molecule has 0 bridgehead atoms. The highest BCUT2D eigenvalue weighted by molar-refractivity contribution is 7.99. The van der Waals surface area contributed by atoms with E-state index in [-0.39, 0.29) is 6.61 Å². The zero-order valence-electron chi connectivity index (χ0n) is 10.7. The first-order valence-corrected chi connectivity index (χ1v) is 7.51. The number of fused-ring (bicyclic) bond motifs is 1. The summed E-state index contributed by atoms with van der Waals surface area (Å²) in [5, 5.41) is 12.5. The summed E-state index contributed by atoms with van der Waals surface area (Å²) >= 11 is 7.66. The Labute approximate surface area is 127 Å². The Bertz CT molecular complexity index is 755. The third-order valence-electron chi connectivity index (χ3n) is 3.15. The van der Waals surface area contributed by atoms with Crippen LogP contribution in [-0.4, -0.2) is 5.11 Å². The Morgan fingerprint density at radius 2 is 1.70 bits per heavy atom. The molecule has 0 fully saturated rings. The van der Waals surface area contributed by atoms with E-state index < -0.39 is 0 Å². The van der Waals surface area contributed by atoms with Gasteiger partial charge in [-0.3, -0.25) is 0 Å². The van der Waals surface area contributed by atoms with Crippen LogP contribution in [0.25, 0.3) is 10.8 Å².